The molecule has 0 fully saturated rings. The summed E-state index contributed by atoms with van der Waals surface area (Å²) < 4.78 is 16.5. The zero-order valence-corrected chi connectivity index (χ0v) is 16.6. The van der Waals surface area contributed by atoms with Gasteiger partial charge in [-0.2, -0.15) is 0 Å². The molecule has 4 rings (SSSR count). The van der Waals surface area contributed by atoms with Gasteiger partial charge in [-0.1, -0.05) is 44.2 Å². The third-order valence-electron chi connectivity index (χ3n) is 4.91. The Kier molecular flexibility index (Phi) is 5.51. The van der Waals surface area contributed by atoms with Crippen LogP contribution in [0.4, 0.5) is 0 Å². The Hall–Kier alpha value is -3.28. The molecule has 3 aromatic rings. The minimum absolute atomic E-state index is 0.0521. The second-order valence-corrected chi connectivity index (χ2v) is 7.36. The molecule has 0 aliphatic carbocycles. The monoisotopic (exact) mass is 392 g/mol. The molecular weight excluding hydrogens is 368 g/mol. The van der Waals surface area contributed by atoms with Gasteiger partial charge >= 0.3 is 0 Å². The summed E-state index contributed by atoms with van der Waals surface area (Å²) in [6.07, 6.45) is 2.48. The van der Waals surface area contributed by atoms with Crippen LogP contribution in [0, 0.1) is 0 Å². The number of carbonyl (C=O) groups is 1. The second-order valence-electron chi connectivity index (χ2n) is 7.36. The molecule has 6 nitrogen and oxygen atoms in total. The Morgan fingerprint density at radius 2 is 1.90 bits per heavy atom. The van der Waals surface area contributed by atoms with Crippen molar-refractivity contribution in [3.05, 3.63) is 65.7 Å². The van der Waals surface area contributed by atoms with Gasteiger partial charge in [0.25, 0.3) is 0 Å². The van der Waals surface area contributed by atoms with Crippen LogP contribution in [0.5, 0.6) is 11.5 Å². The normalized spacial score (nSPS) is 12.4. The van der Waals surface area contributed by atoms with E-state index < -0.39 is 0 Å². The van der Waals surface area contributed by atoms with Crippen LogP contribution in [0.15, 0.2) is 53.1 Å². The summed E-state index contributed by atoms with van der Waals surface area (Å²) in [4.78, 5) is 16.5. The molecule has 2 heterocycles. The topological polar surface area (TPSA) is 73.6 Å². The number of rotatable bonds is 7. The van der Waals surface area contributed by atoms with Crippen molar-refractivity contribution in [2.75, 3.05) is 6.79 Å². The van der Waals surface area contributed by atoms with Gasteiger partial charge in [-0.3, -0.25) is 4.79 Å². The van der Waals surface area contributed by atoms with Crippen molar-refractivity contribution in [2.45, 2.75) is 39.2 Å². The summed E-state index contributed by atoms with van der Waals surface area (Å²) >= 11 is 0. The van der Waals surface area contributed by atoms with Crippen LogP contribution in [0.2, 0.25) is 0 Å². The highest BCUT2D eigenvalue weighted by atomic mass is 16.7. The minimum Gasteiger partial charge on any atom is -0.454 e. The Bertz CT molecular complexity index is 992. The van der Waals surface area contributed by atoms with Crippen molar-refractivity contribution >= 4 is 5.91 Å². The zero-order chi connectivity index (χ0) is 20.2. The number of hydrogen-bond acceptors (Lipinski definition) is 5. The molecule has 0 bridgehead atoms. The van der Waals surface area contributed by atoms with Gasteiger partial charge < -0.3 is 19.2 Å². The van der Waals surface area contributed by atoms with Crippen LogP contribution in [0.1, 0.15) is 43.2 Å². The average Bonchev–Trinajstić information content (AvgIpc) is 3.39. The van der Waals surface area contributed by atoms with E-state index in [1.165, 1.54) is 5.56 Å². The van der Waals surface area contributed by atoms with E-state index in [0.717, 1.165) is 22.6 Å². The summed E-state index contributed by atoms with van der Waals surface area (Å²) in [6, 6.07) is 13.9. The zero-order valence-electron chi connectivity index (χ0n) is 16.6. The van der Waals surface area contributed by atoms with Crippen molar-refractivity contribution in [3.63, 3.8) is 0 Å². The first-order valence-electron chi connectivity index (χ1n) is 9.79. The SMILES string of the molecule is CC(C)c1ccc(-c2cnc(CCC(=O)NCc3ccc4c(c3)OCO4)o2)cc1. The van der Waals surface area contributed by atoms with Crippen molar-refractivity contribution in [3.8, 4) is 22.8 Å². The molecule has 0 spiro atoms. The molecule has 0 saturated carbocycles. The number of amides is 1. The van der Waals surface area contributed by atoms with Crippen LogP contribution < -0.4 is 14.8 Å². The number of nitrogens with zero attached hydrogens (tertiary/aromatic N) is 1. The summed E-state index contributed by atoms with van der Waals surface area (Å²) in [6.45, 7) is 5.01. The van der Waals surface area contributed by atoms with Crippen molar-refractivity contribution in [1.82, 2.24) is 10.3 Å². The number of fused-ring (bicyclic) bond motifs is 1. The van der Waals surface area contributed by atoms with E-state index in [4.69, 9.17) is 13.9 Å². The van der Waals surface area contributed by atoms with Gasteiger partial charge in [0.15, 0.2) is 23.1 Å². The second kappa shape index (κ2) is 8.39. The lowest BCUT2D eigenvalue weighted by Crippen LogP contribution is -2.23. The fourth-order valence-corrected chi connectivity index (χ4v) is 3.15. The van der Waals surface area contributed by atoms with Crippen LogP contribution >= 0.6 is 0 Å². The van der Waals surface area contributed by atoms with Crippen molar-refractivity contribution in [2.24, 2.45) is 0 Å². The van der Waals surface area contributed by atoms with Crippen LogP contribution in [0.25, 0.3) is 11.3 Å². The highest BCUT2D eigenvalue weighted by Gasteiger charge is 2.14. The fraction of sp³-hybridized carbons (Fsp3) is 0.304. The van der Waals surface area contributed by atoms with Gasteiger partial charge in [-0.15, -0.1) is 0 Å². The number of hydrogen-bond donors (Lipinski definition) is 1. The third kappa shape index (κ3) is 4.59. The van der Waals surface area contributed by atoms with E-state index in [-0.39, 0.29) is 12.7 Å². The Labute approximate surface area is 169 Å². The first-order valence-corrected chi connectivity index (χ1v) is 9.79. The molecule has 0 saturated heterocycles. The van der Waals surface area contributed by atoms with Gasteiger partial charge in [-0.25, -0.2) is 4.98 Å². The molecule has 1 aliphatic heterocycles. The van der Waals surface area contributed by atoms with Crippen LogP contribution in [-0.2, 0) is 17.8 Å². The highest BCUT2D eigenvalue weighted by Crippen LogP contribution is 2.32. The van der Waals surface area contributed by atoms with Crippen LogP contribution in [0.3, 0.4) is 0 Å². The van der Waals surface area contributed by atoms with Gasteiger partial charge in [0.2, 0.25) is 12.7 Å². The largest absolute Gasteiger partial charge is 0.454 e. The summed E-state index contributed by atoms with van der Waals surface area (Å²) in [5.41, 5.74) is 3.24. The van der Waals surface area contributed by atoms with Gasteiger partial charge in [0.1, 0.15) is 0 Å². The number of carbonyl (C=O) groups excluding carboxylic acids is 1. The molecule has 0 atom stereocenters. The predicted octanol–water partition coefficient (Wildman–Crippen LogP) is 4.44. The Morgan fingerprint density at radius 3 is 2.69 bits per heavy atom. The van der Waals surface area contributed by atoms with Crippen molar-refractivity contribution in [1.29, 1.82) is 0 Å². The van der Waals surface area contributed by atoms with Crippen molar-refractivity contribution < 1.29 is 18.7 Å². The number of benzene rings is 2. The smallest absolute Gasteiger partial charge is 0.231 e. The molecular formula is C23H24N2O4. The molecule has 29 heavy (non-hydrogen) atoms. The molecule has 1 N–H and O–H groups in total. The van der Waals surface area contributed by atoms with E-state index in [0.29, 0.717) is 36.9 Å². The molecule has 6 heteroatoms. The van der Waals surface area contributed by atoms with Gasteiger partial charge in [0, 0.05) is 24.9 Å². The molecule has 0 radical (unpaired) electrons. The number of ether oxygens (including phenoxy) is 2. The summed E-state index contributed by atoms with van der Waals surface area (Å²) in [7, 11) is 0. The lowest BCUT2D eigenvalue weighted by molar-refractivity contribution is -0.121. The number of aryl methyl sites for hydroxylation is 1. The number of oxazole rings is 1. The standard InChI is InChI=1S/C23H24N2O4/c1-15(2)17-4-6-18(7-5-17)21-13-25-23(29-21)10-9-22(26)24-12-16-3-8-19-20(11-16)28-14-27-19/h3-8,11,13,15H,9-10,12,14H2,1-2H3,(H,24,26). The van der Waals surface area contributed by atoms with E-state index in [1.54, 1.807) is 6.20 Å². The molecule has 0 unspecified atom stereocenters. The molecule has 1 aliphatic rings. The number of nitrogens with one attached hydrogen (secondary N) is 1. The minimum atomic E-state index is -0.0521. The summed E-state index contributed by atoms with van der Waals surface area (Å²) in [5, 5.41) is 2.91. The first-order chi connectivity index (χ1) is 14.1. The number of aromatic nitrogens is 1. The molecule has 1 amide bonds. The predicted molar refractivity (Wildman–Crippen MR) is 109 cm³/mol. The van der Waals surface area contributed by atoms with E-state index >= 15 is 0 Å². The highest BCUT2D eigenvalue weighted by molar-refractivity contribution is 5.76. The summed E-state index contributed by atoms with van der Waals surface area (Å²) in [5.74, 6) is 3.17. The lowest BCUT2D eigenvalue weighted by atomic mass is 10.0. The first kappa shape index (κ1) is 19.1. The van der Waals surface area contributed by atoms with Gasteiger partial charge in [0.05, 0.1) is 6.20 Å². The third-order valence-corrected chi connectivity index (χ3v) is 4.91. The van der Waals surface area contributed by atoms with E-state index in [9.17, 15) is 4.79 Å². The van der Waals surface area contributed by atoms with Gasteiger partial charge in [-0.05, 0) is 29.2 Å². The lowest BCUT2D eigenvalue weighted by Gasteiger charge is -2.06. The fourth-order valence-electron chi connectivity index (χ4n) is 3.15. The Balaban J connectivity index is 1.27. The van der Waals surface area contributed by atoms with E-state index in [2.05, 4.69) is 36.3 Å². The maximum Gasteiger partial charge on any atom is 0.231 e. The maximum absolute atomic E-state index is 12.2. The Morgan fingerprint density at radius 1 is 1.10 bits per heavy atom. The quantitative estimate of drug-likeness (QED) is 0.643. The van der Waals surface area contributed by atoms with E-state index in [1.807, 2.05) is 30.3 Å². The van der Waals surface area contributed by atoms with Crippen LogP contribution in [-0.4, -0.2) is 17.7 Å². The molecule has 1 aromatic heterocycles. The molecule has 150 valence electrons. The maximum atomic E-state index is 12.2. The average molecular weight is 392 g/mol. The molecule has 2 aromatic carbocycles.